The zero-order valence-electron chi connectivity index (χ0n) is 16.6. The van der Waals surface area contributed by atoms with Crippen LogP contribution in [-0.2, 0) is 14.4 Å². The molecule has 0 radical (unpaired) electrons. The summed E-state index contributed by atoms with van der Waals surface area (Å²) < 4.78 is 0. The Bertz CT molecular complexity index is 932. The highest BCUT2D eigenvalue weighted by Crippen LogP contribution is 2.52. The smallest absolute Gasteiger partial charge is 0.233 e. The van der Waals surface area contributed by atoms with Crippen LogP contribution in [-0.4, -0.2) is 29.2 Å². The van der Waals surface area contributed by atoms with Gasteiger partial charge in [0.2, 0.25) is 17.7 Å². The molecule has 2 bridgehead atoms. The molecule has 30 heavy (non-hydrogen) atoms. The molecule has 2 aromatic rings. The number of likely N-dealkylation sites (tertiary alicyclic amines) is 1. The van der Waals surface area contributed by atoms with Crippen molar-refractivity contribution in [2.24, 2.45) is 23.7 Å². The molecule has 5 rings (SSSR count). The van der Waals surface area contributed by atoms with E-state index in [0.717, 1.165) is 17.5 Å². The summed E-state index contributed by atoms with van der Waals surface area (Å²) in [5.41, 5.74) is 1.98. The molecule has 2 aliphatic carbocycles. The first kappa shape index (κ1) is 18.8. The first-order valence-electron chi connectivity index (χ1n) is 10.6. The lowest BCUT2D eigenvalue weighted by molar-refractivity contribution is -0.141. The van der Waals surface area contributed by atoms with Crippen molar-refractivity contribution in [2.75, 3.05) is 6.54 Å². The second kappa shape index (κ2) is 7.56. The van der Waals surface area contributed by atoms with Gasteiger partial charge < -0.3 is 5.32 Å². The van der Waals surface area contributed by atoms with Gasteiger partial charge in [-0.15, -0.1) is 0 Å². The second-order valence-corrected chi connectivity index (χ2v) is 8.40. The van der Waals surface area contributed by atoms with Crippen LogP contribution in [0.4, 0.5) is 0 Å². The molecule has 0 unspecified atom stereocenters. The van der Waals surface area contributed by atoms with Gasteiger partial charge in [-0.1, -0.05) is 72.8 Å². The van der Waals surface area contributed by atoms with E-state index in [0.29, 0.717) is 0 Å². The third-order valence-corrected chi connectivity index (χ3v) is 6.70. The molecule has 5 heteroatoms. The lowest BCUT2D eigenvalue weighted by Crippen LogP contribution is -2.37. The van der Waals surface area contributed by atoms with E-state index in [2.05, 4.69) is 17.5 Å². The summed E-state index contributed by atoms with van der Waals surface area (Å²) in [6, 6.07) is 19.3. The summed E-state index contributed by atoms with van der Waals surface area (Å²) in [4.78, 5) is 39.7. The van der Waals surface area contributed by atoms with Crippen molar-refractivity contribution in [2.45, 2.75) is 18.9 Å². The van der Waals surface area contributed by atoms with E-state index in [1.165, 1.54) is 4.90 Å². The van der Waals surface area contributed by atoms with Gasteiger partial charge >= 0.3 is 0 Å². The van der Waals surface area contributed by atoms with Crippen LogP contribution in [0.2, 0.25) is 0 Å². The van der Waals surface area contributed by atoms with Crippen molar-refractivity contribution in [3.05, 3.63) is 83.9 Å². The quantitative estimate of drug-likeness (QED) is 0.599. The predicted molar refractivity (Wildman–Crippen MR) is 112 cm³/mol. The van der Waals surface area contributed by atoms with Crippen LogP contribution in [0.15, 0.2) is 72.8 Å². The van der Waals surface area contributed by atoms with Gasteiger partial charge in [0.15, 0.2) is 0 Å². The summed E-state index contributed by atoms with van der Waals surface area (Å²) >= 11 is 0. The second-order valence-electron chi connectivity index (χ2n) is 8.40. The predicted octanol–water partition coefficient (Wildman–Crippen LogP) is 3.09. The lowest BCUT2D eigenvalue weighted by atomic mass is 9.85. The molecular weight excluding hydrogens is 376 g/mol. The van der Waals surface area contributed by atoms with E-state index < -0.39 is 0 Å². The third kappa shape index (κ3) is 3.15. The molecule has 1 N–H and O–H groups in total. The fraction of sp³-hybridized carbons (Fsp3) is 0.320. The Morgan fingerprint density at radius 1 is 0.867 bits per heavy atom. The Morgan fingerprint density at radius 2 is 1.37 bits per heavy atom. The van der Waals surface area contributed by atoms with E-state index in [-0.39, 0.29) is 60.4 Å². The van der Waals surface area contributed by atoms with E-state index in [1.54, 1.807) is 0 Å². The number of nitrogens with one attached hydrogen (secondary N) is 1. The molecule has 1 aliphatic heterocycles. The molecule has 2 aromatic carbocycles. The molecular formula is C25H24N2O3. The van der Waals surface area contributed by atoms with Crippen LogP contribution in [0.3, 0.4) is 0 Å². The summed E-state index contributed by atoms with van der Waals surface area (Å²) in [5, 5.41) is 3.08. The number of imide groups is 1. The summed E-state index contributed by atoms with van der Waals surface area (Å²) in [6.45, 7) is 0.145. The Kier molecular flexibility index (Phi) is 4.74. The fourth-order valence-electron chi connectivity index (χ4n) is 5.28. The minimum absolute atomic E-state index is 0.0997. The largest absolute Gasteiger partial charge is 0.345 e. The van der Waals surface area contributed by atoms with Gasteiger partial charge in [-0.2, -0.15) is 0 Å². The van der Waals surface area contributed by atoms with E-state index in [4.69, 9.17) is 0 Å². The van der Waals surface area contributed by atoms with E-state index >= 15 is 0 Å². The third-order valence-electron chi connectivity index (χ3n) is 6.70. The van der Waals surface area contributed by atoms with Gasteiger partial charge in [-0.05, 0) is 29.4 Å². The number of hydrogen-bond donors (Lipinski definition) is 1. The minimum Gasteiger partial charge on any atom is -0.345 e. The van der Waals surface area contributed by atoms with Crippen LogP contribution in [0.1, 0.15) is 30.0 Å². The van der Waals surface area contributed by atoms with Gasteiger partial charge in [0.25, 0.3) is 0 Å². The average molecular weight is 400 g/mol. The van der Waals surface area contributed by atoms with Crippen LogP contribution in [0, 0.1) is 23.7 Å². The van der Waals surface area contributed by atoms with Gasteiger partial charge in [0.05, 0.1) is 17.9 Å². The number of amides is 3. The molecule has 3 aliphatic rings. The maximum Gasteiger partial charge on any atom is 0.233 e. The molecule has 5 nitrogen and oxygen atoms in total. The Balaban J connectivity index is 1.26. The SMILES string of the molecule is O=C(CCN1C(=O)[C@@H]2[C@H](C1=O)[C@H]1C=C[C@H]2C1)NC(c1ccccc1)c1ccccc1. The van der Waals surface area contributed by atoms with Crippen LogP contribution < -0.4 is 5.32 Å². The molecule has 1 saturated carbocycles. The number of rotatable bonds is 6. The monoisotopic (exact) mass is 400 g/mol. The van der Waals surface area contributed by atoms with Crippen molar-refractivity contribution < 1.29 is 14.4 Å². The Hall–Kier alpha value is -3.21. The molecule has 152 valence electrons. The molecule has 1 heterocycles. The van der Waals surface area contributed by atoms with E-state index in [1.807, 2.05) is 60.7 Å². The van der Waals surface area contributed by atoms with Crippen molar-refractivity contribution in [3.8, 4) is 0 Å². The number of hydrogen-bond acceptors (Lipinski definition) is 3. The lowest BCUT2D eigenvalue weighted by Gasteiger charge is -2.21. The maximum absolute atomic E-state index is 12.8. The zero-order valence-corrected chi connectivity index (χ0v) is 16.6. The van der Waals surface area contributed by atoms with Gasteiger partial charge in [-0.3, -0.25) is 19.3 Å². The van der Waals surface area contributed by atoms with Gasteiger partial charge in [0.1, 0.15) is 0 Å². The number of fused-ring (bicyclic) bond motifs is 5. The first-order valence-corrected chi connectivity index (χ1v) is 10.6. The first-order chi connectivity index (χ1) is 14.6. The van der Waals surface area contributed by atoms with Crippen LogP contribution >= 0.6 is 0 Å². The van der Waals surface area contributed by atoms with Crippen LogP contribution in [0.25, 0.3) is 0 Å². The topological polar surface area (TPSA) is 66.5 Å². The number of nitrogens with zero attached hydrogens (tertiary/aromatic N) is 1. The van der Waals surface area contributed by atoms with Crippen molar-refractivity contribution in [1.29, 1.82) is 0 Å². The average Bonchev–Trinajstić information content (AvgIpc) is 3.46. The Labute approximate surface area is 175 Å². The van der Waals surface area contributed by atoms with Gasteiger partial charge in [0, 0.05) is 13.0 Å². The number of benzene rings is 2. The molecule has 0 aromatic heterocycles. The van der Waals surface area contributed by atoms with Crippen molar-refractivity contribution >= 4 is 17.7 Å². The number of carbonyl (C=O) groups excluding carboxylic acids is 3. The highest BCUT2D eigenvalue weighted by atomic mass is 16.2. The molecule has 3 amide bonds. The van der Waals surface area contributed by atoms with E-state index in [9.17, 15) is 14.4 Å². The van der Waals surface area contributed by atoms with Crippen molar-refractivity contribution in [1.82, 2.24) is 10.2 Å². The summed E-state index contributed by atoms with van der Waals surface area (Å²) in [5.74, 6) is -0.415. The highest BCUT2D eigenvalue weighted by Gasteiger charge is 2.59. The van der Waals surface area contributed by atoms with Crippen molar-refractivity contribution in [3.63, 3.8) is 0 Å². The standard InChI is InChI=1S/C25H24N2O3/c28-20(26-23(16-7-3-1-4-8-16)17-9-5-2-6-10-17)13-14-27-24(29)21-18-11-12-19(15-18)22(21)25(27)30/h1-12,18-19,21-23H,13-15H2,(H,26,28)/t18-,19-,21-,22+/m0/s1. The molecule has 1 saturated heterocycles. The number of carbonyl (C=O) groups is 3. The molecule has 0 spiro atoms. The summed E-state index contributed by atoms with van der Waals surface area (Å²) in [6.07, 6.45) is 5.18. The fourth-order valence-corrected chi connectivity index (χ4v) is 5.28. The zero-order chi connectivity index (χ0) is 20.7. The summed E-state index contributed by atoms with van der Waals surface area (Å²) in [7, 11) is 0. The van der Waals surface area contributed by atoms with Gasteiger partial charge in [-0.25, -0.2) is 0 Å². The Morgan fingerprint density at radius 3 is 1.87 bits per heavy atom. The highest BCUT2D eigenvalue weighted by molar-refractivity contribution is 6.06. The van der Waals surface area contributed by atoms with Crippen LogP contribution in [0.5, 0.6) is 0 Å². The normalized spacial score (nSPS) is 26.5. The number of allylic oxidation sites excluding steroid dienone is 2. The maximum atomic E-state index is 12.8. The minimum atomic E-state index is -0.274. The molecule has 2 fully saturated rings. The molecule has 4 atom stereocenters.